The van der Waals surface area contributed by atoms with E-state index in [0.717, 1.165) is 5.56 Å². The van der Waals surface area contributed by atoms with Crippen molar-refractivity contribution < 1.29 is 18.7 Å². The van der Waals surface area contributed by atoms with Crippen LogP contribution in [0.25, 0.3) is 0 Å². The Morgan fingerprint density at radius 2 is 2.06 bits per heavy atom. The molecule has 2 heterocycles. The third-order valence-electron chi connectivity index (χ3n) is 5.71. The van der Waals surface area contributed by atoms with Gasteiger partial charge in [0, 0.05) is 32.0 Å². The molecule has 0 saturated carbocycles. The Morgan fingerprint density at radius 1 is 1.26 bits per heavy atom. The molecule has 0 bridgehead atoms. The van der Waals surface area contributed by atoms with Crippen LogP contribution in [0, 0.1) is 11.2 Å². The summed E-state index contributed by atoms with van der Waals surface area (Å²) in [6.45, 7) is 3.66. The second kappa shape index (κ2) is 10.5. The van der Waals surface area contributed by atoms with Crippen LogP contribution in [0.15, 0.2) is 48.8 Å². The maximum atomic E-state index is 14.4. The maximum absolute atomic E-state index is 14.4. The summed E-state index contributed by atoms with van der Waals surface area (Å²) in [6, 6.07) is 10.3. The predicted octanol–water partition coefficient (Wildman–Crippen LogP) is 3.07. The molecule has 1 unspecified atom stereocenters. The first-order valence-electron chi connectivity index (χ1n) is 10.7. The molecule has 6 nitrogen and oxygen atoms in total. The highest BCUT2D eigenvalue weighted by atomic mass is 19.1. The summed E-state index contributed by atoms with van der Waals surface area (Å²) in [5.41, 5.74) is 0.559. The number of carbonyl (C=O) groups is 2. The summed E-state index contributed by atoms with van der Waals surface area (Å²) in [5.74, 6) is -0.751. The number of likely N-dealkylation sites (tertiary alicyclic amines) is 1. The van der Waals surface area contributed by atoms with Gasteiger partial charge < -0.3 is 9.64 Å². The number of rotatable bonds is 8. The van der Waals surface area contributed by atoms with E-state index in [2.05, 4.69) is 4.98 Å². The summed E-state index contributed by atoms with van der Waals surface area (Å²) in [7, 11) is 1.88. The monoisotopic (exact) mass is 427 g/mol. The second-order valence-electron chi connectivity index (χ2n) is 8.22. The van der Waals surface area contributed by atoms with Gasteiger partial charge in [0.1, 0.15) is 5.82 Å². The molecular weight excluding hydrogens is 397 g/mol. The molecule has 0 radical (unpaired) electrons. The van der Waals surface area contributed by atoms with E-state index in [1.54, 1.807) is 42.4 Å². The molecule has 166 valence electrons. The number of ether oxygens (including phenoxy) is 1. The third kappa shape index (κ3) is 5.88. The van der Waals surface area contributed by atoms with Gasteiger partial charge in [-0.05, 0) is 56.5 Å². The van der Waals surface area contributed by atoms with E-state index < -0.39 is 5.41 Å². The maximum Gasteiger partial charge on any atom is 0.314 e. The largest absolute Gasteiger partial charge is 0.466 e. The van der Waals surface area contributed by atoms with Crippen LogP contribution in [0.3, 0.4) is 0 Å². The highest BCUT2D eigenvalue weighted by Crippen LogP contribution is 2.36. The smallest absolute Gasteiger partial charge is 0.314 e. The van der Waals surface area contributed by atoms with Gasteiger partial charge in [0.2, 0.25) is 5.91 Å². The lowest BCUT2D eigenvalue weighted by atomic mass is 9.75. The molecule has 31 heavy (non-hydrogen) atoms. The van der Waals surface area contributed by atoms with Crippen LogP contribution >= 0.6 is 0 Å². The summed E-state index contributed by atoms with van der Waals surface area (Å²) >= 11 is 0. The van der Waals surface area contributed by atoms with Gasteiger partial charge in [-0.1, -0.05) is 24.3 Å². The zero-order valence-corrected chi connectivity index (χ0v) is 18.2. The zero-order valence-electron chi connectivity index (χ0n) is 18.2. The number of hydrogen-bond acceptors (Lipinski definition) is 5. The SMILES string of the molecule is CCOC(=O)C1(Cc2ccccc2F)CCCN(C(=O)CN(C)Cc2cccnc2)C1. The summed E-state index contributed by atoms with van der Waals surface area (Å²) in [5, 5.41) is 0. The average Bonchev–Trinajstić information content (AvgIpc) is 2.76. The van der Waals surface area contributed by atoms with Crippen molar-refractivity contribution in [1.29, 1.82) is 0 Å². The number of carbonyl (C=O) groups excluding carboxylic acids is 2. The predicted molar refractivity (Wildman–Crippen MR) is 116 cm³/mol. The molecule has 1 saturated heterocycles. The van der Waals surface area contributed by atoms with Crippen LogP contribution in [0.1, 0.15) is 30.9 Å². The van der Waals surface area contributed by atoms with Gasteiger partial charge in [-0.25, -0.2) is 4.39 Å². The van der Waals surface area contributed by atoms with E-state index in [4.69, 9.17) is 4.74 Å². The molecule has 1 aromatic heterocycles. The molecule has 1 aromatic carbocycles. The Kier molecular flexibility index (Phi) is 7.74. The molecule has 1 aliphatic heterocycles. The topological polar surface area (TPSA) is 62.7 Å². The highest BCUT2D eigenvalue weighted by Gasteiger charge is 2.45. The Morgan fingerprint density at radius 3 is 2.77 bits per heavy atom. The Balaban J connectivity index is 1.72. The first kappa shape index (κ1) is 22.9. The van der Waals surface area contributed by atoms with E-state index >= 15 is 0 Å². The number of aromatic nitrogens is 1. The molecule has 7 heteroatoms. The molecule has 1 amide bonds. The number of pyridine rings is 1. The first-order chi connectivity index (χ1) is 14.9. The highest BCUT2D eigenvalue weighted by molar-refractivity contribution is 5.82. The Bertz CT molecular complexity index is 893. The van der Waals surface area contributed by atoms with Crippen molar-refractivity contribution in [3.8, 4) is 0 Å². The van der Waals surface area contributed by atoms with Crippen molar-refractivity contribution in [2.75, 3.05) is 33.3 Å². The van der Waals surface area contributed by atoms with Gasteiger partial charge in [0.15, 0.2) is 0 Å². The average molecular weight is 428 g/mol. The number of benzene rings is 1. The third-order valence-corrected chi connectivity index (χ3v) is 5.71. The fourth-order valence-corrected chi connectivity index (χ4v) is 4.21. The van der Waals surface area contributed by atoms with Crippen LogP contribution in [0.5, 0.6) is 0 Å². The van der Waals surface area contributed by atoms with Crippen molar-refractivity contribution in [2.45, 2.75) is 32.7 Å². The lowest BCUT2D eigenvalue weighted by molar-refractivity contribution is -0.161. The number of nitrogens with zero attached hydrogens (tertiary/aromatic N) is 3. The van der Waals surface area contributed by atoms with Crippen molar-refractivity contribution >= 4 is 11.9 Å². The van der Waals surface area contributed by atoms with Gasteiger partial charge in [-0.3, -0.25) is 19.5 Å². The van der Waals surface area contributed by atoms with Crippen molar-refractivity contribution in [3.05, 3.63) is 65.7 Å². The van der Waals surface area contributed by atoms with Gasteiger partial charge in [-0.2, -0.15) is 0 Å². The summed E-state index contributed by atoms with van der Waals surface area (Å²) in [4.78, 5) is 33.8. The Hall–Kier alpha value is -2.80. The molecule has 3 rings (SSSR count). The molecule has 0 aliphatic carbocycles. The van der Waals surface area contributed by atoms with Gasteiger partial charge >= 0.3 is 5.97 Å². The van der Waals surface area contributed by atoms with E-state index in [1.807, 2.05) is 24.1 Å². The number of likely N-dealkylation sites (N-methyl/N-ethyl adjacent to an activating group) is 1. The lowest BCUT2D eigenvalue weighted by Gasteiger charge is -2.41. The van der Waals surface area contributed by atoms with E-state index in [1.165, 1.54) is 6.07 Å². The van der Waals surface area contributed by atoms with E-state index in [9.17, 15) is 14.0 Å². The molecular formula is C24H30FN3O3. The molecule has 0 N–H and O–H groups in total. The number of hydrogen-bond donors (Lipinski definition) is 0. The lowest BCUT2D eigenvalue weighted by Crippen LogP contribution is -2.53. The van der Waals surface area contributed by atoms with Crippen molar-refractivity contribution in [3.63, 3.8) is 0 Å². The van der Waals surface area contributed by atoms with Gasteiger partial charge in [0.05, 0.1) is 18.6 Å². The van der Waals surface area contributed by atoms with Crippen LogP contribution in [0.4, 0.5) is 4.39 Å². The minimum absolute atomic E-state index is 0.0479. The minimum Gasteiger partial charge on any atom is -0.466 e. The quantitative estimate of drug-likeness (QED) is 0.606. The summed E-state index contributed by atoms with van der Waals surface area (Å²) < 4.78 is 19.7. The first-order valence-corrected chi connectivity index (χ1v) is 10.7. The molecule has 2 aromatic rings. The van der Waals surface area contributed by atoms with Gasteiger partial charge in [0.25, 0.3) is 0 Å². The van der Waals surface area contributed by atoms with E-state index in [-0.39, 0.29) is 43.8 Å². The zero-order chi connectivity index (χ0) is 22.3. The number of halogens is 1. The fraction of sp³-hybridized carbons (Fsp3) is 0.458. The van der Waals surface area contributed by atoms with Crippen LogP contribution in [-0.2, 0) is 27.3 Å². The van der Waals surface area contributed by atoms with E-state index in [0.29, 0.717) is 31.5 Å². The van der Waals surface area contributed by atoms with Crippen LogP contribution < -0.4 is 0 Å². The number of esters is 1. The molecule has 1 atom stereocenters. The fourth-order valence-electron chi connectivity index (χ4n) is 4.21. The number of amides is 1. The normalized spacial score (nSPS) is 18.8. The van der Waals surface area contributed by atoms with Crippen molar-refractivity contribution in [2.24, 2.45) is 5.41 Å². The van der Waals surface area contributed by atoms with Crippen LogP contribution in [-0.4, -0.2) is 59.9 Å². The second-order valence-corrected chi connectivity index (χ2v) is 8.22. The standard InChI is InChI=1S/C24H30FN3O3/c1-3-31-23(30)24(14-20-9-4-5-10-21(20)25)11-7-13-28(18-24)22(29)17-27(2)16-19-8-6-12-26-15-19/h4-6,8-10,12,15H,3,7,11,13-14,16-18H2,1-2H3. The Labute approximate surface area is 183 Å². The van der Waals surface area contributed by atoms with Crippen LogP contribution in [0.2, 0.25) is 0 Å². The summed E-state index contributed by atoms with van der Waals surface area (Å²) in [6.07, 6.45) is 4.95. The molecule has 0 spiro atoms. The molecule has 1 fully saturated rings. The molecule has 1 aliphatic rings. The van der Waals surface area contributed by atoms with Crippen molar-refractivity contribution in [1.82, 2.24) is 14.8 Å². The van der Waals surface area contributed by atoms with Gasteiger partial charge in [-0.15, -0.1) is 0 Å². The number of piperidine rings is 1. The minimum atomic E-state index is -0.936.